The fraction of sp³-hybridized carbons (Fsp3) is 0.571. The van der Waals surface area contributed by atoms with E-state index in [1.165, 1.54) is 10.5 Å². The highest BCUT2D eigenvalue weighted by Gasteiger charge is 2.30. The van der Waals surface area contributed by atoms with Gasteiger partial charge in [-0.3, -0.25) is 4.98 Å². The van der Waals surface area contributed by atoms with E-state index >= 15 is 0 Å². The number of urea groups is 1. The fourth-order valence-electron chi connectivity index (χ4n) is 2.39. The summed E-state index contributed by atoms with van der Waals surface area (Å²) in [6, 6.07) is 2.93. The second-order valence-corrected chi connectivity index (χ2v) is 7.60. The third kappa shape index (κ3) is 5.45. The number of aromatic nitrogens is 1. The number of hydrogen-bond acceptors (Lipinski definition) is 5. The van der Waals surface area contributed by atoms with E-state index < -0.39 is 16.1 Å². The van der Waals surface area contributed by atoms with E-state index in [0.717, 1.165) is 0 Å². The quantitative estimate of drug-likeness (QED) is 0.818. The Labute approximate surface area is 136 Å². The van der Waals surface area contributed by atoms with Crippen LogP contribution in [0.2, 0.25) is 0 Å². The number of amides is 2. The summed E-state index contributed by atoms with van der Waals surface area (Å²) in [4.78, 5) is 15.6. The molecule has 1 fully saturated rings. The van der Waals surface area contributed by atoms with Gasteiger partial charge in [-0.1, -0.05) is 0 Å². The van der Waals surface area contributed by atoms with Crippen LogP contribution in [0.1, 0.15) is 13.8 Å². The van der Waals surface area contributed by atoms with Crippen LogP contribution < -0.4 is 10.6 Å². The van der Waals surface area contributed by atoms with Crippen LogP contribution in [0.25, 0.3) is 0 Å². The first kappa shape index (κ1) is 17.6. The molecule has 1 aromatic rings. The van der Waals surface area contributed by atoms with Gasteiger partial charge in [0.15, 0.2) is 0 Å². The number of pyridine rings is 1. The van der Waals surface area contributed by atoms with Crippen molar-refractivity contribution in [2.24, 2.45) is 0 Å². The Balaban J connectivity index is 1.79. The highest BCUT2D eigenvalue weighted by Crippen LogP contribution is 2.14. The molecule has 2 heterocycles. The van der Waals surface area contributed by atoms with Gasteiger partial charge in [0.2, 0.25) is 10.0 Å². The molecular formula is C14H22N4O4S. The second kappa shape index (κ2) is 7.71. The number of nitrogens with one attached hydrogen (secondary N) is 2. The first-order chi connectivity index (χ1) is 10.9. The highest BCUT2D eigenvalue weighted by molar-refractivity contribution is 7.89. The van der Waals surface area contributed by atoms with E-state index in [0.29, 0.717) is 18.8 Å². The lowest BCUT2D eigenvalue weighted by Gasteiger charge is -2.34. The van der Waals surface area contributed by atoms with Gasteiger partial charge in [0, 0.05) is 25.8 Å². The number of carbonyl (C=O) groups excluding carboxylic acids is 1. The summed E-state index contributed by atoms with van der Waals surface area (Å²) < 4.78 is 31.6. The maximum atomic E-state index is 12.3. The normalized spacial score (nSPS) is 22.5. The molecule has 9 heteroatoms. The lowest BCUT2D eigenvalue weighted by molar-refractivity contribution is -0.0440. The van der Waals surface area contributed by atoms with E-state index in [1.54, 1.807) is 18.3 Å². The van der Waals surface area contributed by atoms with Crippen LogP contribution in [0.4, 0.5) is 10.5 Å². The minimum Gasteiger partial charge on any atom is -0.373 e. The summed E-state index contributed by atoms with van der Waals surface area (Å²) >= 11 is 0. The van der Waals surface area contributed by atoms with Crippen molar-refractivity contribution >= 4 is 21.7 Å². The summed E-state index contributed by atoms with van der Waals surface area (Å²) in [7, 11) is -3.42. The molecule has 0 spiro atoms. The van der Waals surface area contributed by atoms with Gasteiger partial charge in [-0.15, -0.1) is 0 Å². The lowest BCUT2D eigenvalue weighted by atomic mass is 10.3. The molecular weight excluding hydrogens is 320 g/mol. The van der Waals surface area contributed by atoms with Crippen molar-refractivity contribution in [3.8, 4) is 0 Å². The van der Waals surface area contributed by atoms with Gasteiger partial charge in [-0.25, -0.2) is 13.2 Å². The molecule has 0 radical (unpaired) electrons. The average Bonchev–Trinajstić information content (AvgIpc) is 2.47. The number of hydrogen-bond donors (Lipinski definition) is 2. The van der Waals surface area contributed by atoms with Crippen molar-refractivity contribution in [1.82, 2.24) is 14.6 Å². The molecule has 128 valence electrons. The van der Waals surface area contributed by atoms with Crippen LogP contribution >= 0.6 is 0 Å². The van der Waals surface area contributed by atoms with Crippen LogP contribution in [-0.4, -0.2) is 61.3 Å². The molecule has 1 saturated heterocycles. The minimum atomic E-state index is -3.42. The number of ether oxygens (including phenoxy) is 1. The van der Waals surface area contributed by atoms with Crippen LogP contribution in [0.5, 0.6) is 0 Å². The molecule has 1 aromatic heterocycles. The minimum absolute atomic E-state index is 0.0363. The number of rotatable bonds is 5. The Kier molecular flexibility index (Phi) is 5.91. The first-order valence-corrected chi connectivity index (χ1v) is 9.06. The fourth-order valence-corrected chi connectivity index (χ4v) is 3.88. The Hall–Kier alpha value is -1.71. The molecule has 2 atom stereocenters. The maximum Gasteiger partial charge on any atom is 0.319 e. The van der Waals surface area contributed by atoms with Gasteiger partial charge in [-0.05, 0) is 26.0 Å². The SMILES string of the molecule is C[C@@H]1CN(S(=O)(=O)CCNC(=O)Nc2cccnc2)C[C@H](C)O1. The number of anilines is 1. The number of nitrogens with zero attached hydrogens (tertiary/aromatic N) is 2. The topological polar surface area (TPSA) is 101 Å². The first-order valence-electron chi connectivity index (χ1n) is 7.45. The Morgan fingerprint density at radius 1 is 1.39 bits per heavy atom. The smallest absolute Gasteiger partial charge is 0.319 e. The molecule has 8 nitrogen and oxygen atoms in total. The molecule has 2 amide bonds. The van der Waals surface area contributed by atoms with E-state index in [1.807, 2.05) is 13.8 Å². The molecule has 0 aromatic carbocycles. The molecule has 2 rings (SSSR count). The zero-order valence-electron chi connectivity index (χ0n) is 13.2. The standard InChI is InChI=1S/C14H22N4O4S/c1-11-9-18(10-12(2)22-11)23(20,21)7-6-16-14(19)17-13-4-3-5-15-8-13/h3-5,8,11-12H,6-7,9-10H2,1-2H3,(H2,16,17,19)/t11-,12+. The molecule has 23 heavy (non-hydrogen) atoms. The Morgan fingerprint density at radius 2 is 2.09 bits per heavy atom. The third-order valence-corrected chi connectivity index (χ3v) is 5.15. The summed E-state index contributed by atoms with van der Waals surface area (Å²) in [6.45, 7) is 4.41. The van der Waals surface area contributed by atoms with E-state index in [-0.39, 0.29) is 24.5 Å². The van der Waals surface area contributed by atoms with E-state index in [4.69, 9.17) is 4.74 Å². The van der Waals surface area contributed by atoms with Gasteiger partial charge in [0.1, 0.15) is 0 Å². The zero-order valence-corrected chi connectivity index (χ0v) is 14.0. The summed E-state index contributed by atoms with van der Waals surface area (Å²) in [5.74, 6) is -0.146. The molecule has 0 aliphatic carbocycles. The monoisotopic (exact) mass is 342 g/mol. The van der Waals surface area contributed by atoms with Crippen LogP contribution in [0.3, 0.4) is 0 Å². The summed E-state index contributed by atoms with van der Waals surface area (Å²) in [6.07, 6.45) is 2.85. The van der Waals surface area contributed by atoms with Crippen molar-refractivity contribution in [1.29, 1.82) is 0 Å². The molecule has 2 N–H and O–H groups in total. The van der Waals surface area contributed by atoms with Crippen molar-refractivity contribution < 1.29 is 17.9 Å². The van der Waals surface area contributed by atoms with Crippen molar-refractivity contribution in [2.45, 2.75) is 26.1 Å². The molecule has 0 saturated carbocycles. The number of morpholine rings is 1. The number of sulfonamides is 1. The zero-order chi connectivity index (χ0) is 16.9. The van der Waals surface area contributed by atoms with Crippen LogP contribution in [0.15, 0.2) is 24.5 Å². The predicted octanol–water partition coefficient (Wildman–Crippen LogP) is 0.642. The molecule has 0 bridgehead atoms. The Bertz CT molecular complexity index is 613. The third-order valence-electron chi connectivity index (χ3n) is 3.34. The van der Waals surface area contributed by atoms with Crippen molar-refractivity contribution in [2.75, 3.05) is 30.7 Å². The summed E-state index contributed by atoms with van der Waals surface area (Å²) in [5, 5.41) is 5.11. The van der Waals surface area contributed by atoms with Gasteiger partial charge >= 0.3 is 6.03 Å². The predicted molar refractivity (Wildman–Crippen MR) is 86.6 cm³/mol. The van der Waals surface area contributed by atoms with Crippen molar-refractivity contribution in [3.63, 3.8) is 0 Å². The van der Waals surface area contributed by atoms with Crippen LogP contribution in [-0.2, 0) is 14.8 Å². The molecule has 0 unspecified atom stereocenters. The van der Waals surface area contributed by atoms with Gasteiger partial charge in [-0.2, -0.15) is 4.31 Å². The lowest BCUT2D eigenvalue weighted by Crippen LogP contribution is -2.49. The van der Waals surface area contributed by atoms with E-state index in [2.05, 4.69) is 15.6 Å². The molecule has 1 aliphatic rings. The largest absolute Gasteiger partial charge is 0.373 e. The van der Waals surface area contributed by atoms with Gasteiger partial charge in [0.05, 0.1) is 29.8 Å². The van der Waals surface area contributed by atoms with Crippen LogP contribution in [0, 0.1) is 0 Å². The maximum absolute atomic E-state index is 12.3. The van der Waals surface area contributed by atoms with Crippen molar-refractivity contribution in [3.05, 3.63) is 24.5 Å². The average molecular weight is 342 g/mol. The summed E-state index contributed by atoms with van der Waals surface area (Å²) in [5.41, 5.74) is 0.545. The van der Waals surface area contributed by atoms with Gasteiger partial charge in [0.25, 0.3) is 0 Å². The Morgan fingerprint density at radius 3 is 2.70 bits per heavy atom. The second-order valence-electron chi connectivity index (χ2n) is 5.51. The molecule has 1 aliphatic heterocycles. The van der Waals surface area contributed by atoms with Gasteiger partial charge < -0.3 is 15.4 Å². The van der Waals surface area contributed by atoms with E-state index in [9.17, 15) is 13.2 Å². The highest BCUT2D eigenvalue weighted by atomic mass is 32.2. The number of carbonyl (C=O) groups is 1.